The molecule has 2 aromatic heterocycles. The summed E-state index contributed by atoms with van der Waals surface area (Å²) >= 11 is 0. The number of nitrogens with zero attached hydrogens (tertiary/aromatic N) is 7. The molecule has 1 atom stereocenters. The highest BCUT2D eigenvalue weighted by Crippen LogP contribution is 2.22. The van der Waals surface area contributed by atoms with E-state index in [1.54, 1.807) is 22.0 Å². The average Bonchev–Trinajstić information content (AvgIpc) is 3.10. The molecule has 140 valence electrons. The number of hydrogen-bond acceptors (Lipinski definition) is 7. The minimum absolute atomic E-state index is 0.0182. The van der Waals surface area contributed by atoms with Gasteiger partial charge in [-0.15, -0.1) is 5.10 Å². The van der Waals surface area contributed by atoms with Crippen LogP contribution in [0.4, 0.5) is 0 Å². The van der Waals surface area contributed by atoms with E-state index in [1.807, 2.05) is 19.2 Å². The lowest BCUT2D eigenvalue weighted by Gasteiger charge is -2.28. The van der Waals surface area contributed by atoms with Crippen molar-refractivity contribution in [3.63, 3.8) is 0 Å². The lowest BCUT2D eigenvalue weighted by molar-refractivity contribution is -0.133. The number of carbonyl (C=O) groups excluding carboxylic acids is 1. The second kappa shape index (κ2) is 8.81. The normalized spacial score (nSPS) is 16.4. The van der Waals surface area contributed by atoms with Crippen LogP contribution in [0.25, 0.3) is 0 Å². The molecule has 9 heteroatoms. The Kier molecular flexibility index (Phi) is 6.24. The van der Waals surface area contributed by atoms with Crippen LogP contribution in [0.5, 0.6) is 0 Å². The van der Waals surface area contributed by atoms with Crippen LogP contribution < -0.4 is 0 Å². The van der Waals surface area contributed by atoms with Crippen LogP contribution in [0.3, 0.4) is 0 Å². The number of carbonyl (C=O) groups is 1. The first-order valence-corrected chi connectivity index (χ1v) is 8.89. The number of amides is 1. The molecule has 0 radical (unpaired) electrons. The second-order valence-corrected chi connectivity index (χ2v) is 6.36. The predicted octanol–water partition coefficient (Wildman–Crippen LogP) is 0.510. The lowest BCUT2D eigenvalue weighted by atomic mass is 10.1. The Bertz CT molecular complexity index is 700. The fourth-order valence-corrected chi connectivity index (χ4v) is 3.14. The van der Waals surface area contributed by atoms with E-state index >= 15 is 0 Å². The molecular formula is C17H25N7O2. The molecule has 9 nitrogen and oxygen atoms in total. The van der Waals surface area contributed by atoms with E-state index in [-0.39, 0.29) is 18.5 Å². The largest absolute Gasteiger partial charge is 0.379 e. The summed E-state index contributed by atoms with van der Waals surface area (Å²) in [6, 6.07) is 3.86. The third-order valence-corrected chi connectivity index (χ3v) is 4.68. The molecule has 0 saturated carbocycles. The Morgan fingerprint density at radius 1 is 1.38 bits per heavy atom. The van der Waals surface area contributed by atoms with Crippen molar-refractivity contribution in [2.45, 2.75) is 32.5 Å². The van der Waals surface area contributed by atoms with Crippen molar-refractivity contribution in [2.75, 3.05) is 33.4 Å². The SMILES string of the molecule is CC[C@H](c1cccnc1)N(C)C(=O)Cn1nnnc1CN1CCOCC1. The van der Waals surface area contributed by atoms with Crippen molar-refractivity contribution in [1.29, 1.82) is 0 Å². The molecule has 1 saturated heterocycles. The first-order valence-electron chi connectivity index (χ1n) is 8.89. The Balaban J connectivity index is 1.65. The van der Waals surface area contributed by atoms with Gasteiger partial charge in [0, 0.05) is 32.5 Å². The van der Waals surface area contributed by atoms with Crippen LogP contribution in [-0.2, 0) is 22.6 Å². The lowest BCUT2D eigenvalue weighted by Crippen LogP contribution is -2.37. The molecule has 0 spiro atoms. The van der Waals surface area contributed by atoms with Crippen LogP contribution in [-0.4, -0.2) is 74.2 Å². The van der Waals surface area contributed by atoms with Crippen molar-refractivity contribution in [1.82, 2.24) is 35.0 Å². The summed E-state index contributed by atoms with van der Waals surface area (Å²) in [6.45, 7) is 5.92. The van der Waals surface area contributed by atoms with Crippen LogP contribution in [0.2, 0.25) is 0 Å². The molecule has 0 aromatic carbocycles. The molecule has 2 aromatic rings. The number of rotatable bonds is 7. The van der Waals surface area contributed by atoms with Gasteiger partial charge in [-0.2, -0.15) is 0 Å². The van der Waals surface area contributed by atoms with Crippen molar-refractivity contribution in [2.24, 2.45) is 0 Å². The van der Waals surface area contributed by atoms with Gasteiger partial charge in [0.1, 0.15) is 6.54 Å². The molecule has 3 heterocycles. The molecule has 3 rings (SSSR count). The highest BCUT2D eigenvalue weighted by molar-refractivity contribution is 5.76. The van der Waals surface area contributed by atoms with Gasteiger partial charge in [-0.3, -0.25) is 14.7 Å². The maximum absolute atomic E-state index is 12.8. The maximum atomic E-state index is 12.8. The van der Waals surface area contributed by atoms with E-state index < -0.39 is 0 Å². The van der Waals surface area contributed by atoms with Crippen LogP contribution in [0.1, 0.15) is 30.8 Å². The molecular weight excluding hydrogens is 334 g/mol. The zero-order chi connectivity index (χ0) is 18.4. The minimum Gasteiger partial charge on any atom is -0.379 e. The Labute approximate surface area is 152 Å². The Morgan fingerprint density at radius 2 is 2.19 bits per heavy atom. The number of ether oxygens (including phenoxy) is 1. The summed E-state index contributed by atoms with van der Waals surface area (Å²) in [5.41, 5.74) is 1.02. The third-order valence-electron chi connectivity index (χ3n) is 4.68. The quantitative estimate of drug-likeness (QED) is 0.711. The molecule has 1 aliphatic rings. The third kappa shape index (κ3) is 4.41. The number of likely N-dealkylation sites (N-methyl/N-ethyl adjacent to an activating group) is 1. The van der Waals surface area contributed by atoms with Crippen molar-refractivity contribution in [3.05, 3.63) is 35.9 Å². The number of morpholine rings is 1. The van der Waals surface area contributed by atoms with Gasteiger partial charge in [0.15, 0.2) is 5.82 Å². The van der Waals surface area contributed by atoms with Gasteiger partial charge >= 0.3 is 0 Å². The molecule has 1 aliphatic heterocycles. The van der Waals surface area contributed by atoms with Gasteiger partial charge in [-0.25, -0.2) is 4.68 Å². The van der Waals surface area contributed by atoms with Crippen LogP contribution in [0.15, 0.2) is 24.5 Å². The zero-order valence-corrected chi connectivity index (χ0v) is 15.3. The fraction of sp³-hybridized carbons (Fsp3) is 0.588. The standard InChI is InChI=1S/C17H25N7O2/c1-3-15(14-5-4-6-18-11-14)22(2)17(25)13-24-16(19-20-21-24)12-23-7-9-26-10-8-23/h4-6,11,15H,3,7-10,12-13H2,1-2H3/t15-/m1/s1. The topological polar surface area (TPSA) is 89.3 Å². The maximum Gasteiger partial charge on any atom is 0.244 e. The van der Waals surface area contributed by atoms with E-state index in [9.17, 15) is 4.79 Å². The van der Waals surface area contributed by atoms with Gasteiger partial charge in [0.2, 0.25) is 5.91 Å². The number of hydrogen-bond donors (Lipinski definition) is 0. The van der Waals surface area contributed by atoms with Gasteiger partial charge in [-0.05, 0) is 28.5 Å². The molecule has 1 fully saturated rings. The number of pyridine rings is 1. The first kappa shape index (κ1) is 18.4. The summed E-state index contributed by atoms with van der Waals surface area (Å²) in [7, 11) is 1.81. The summed E-state index contributed by atoms with van der Waals surface area (Å²) in [4.78, 5) is 20.9. The van der Waals surface area contributed by atoms with E-state index in [1.165, 1.54) is 0 Å². The van der Waals surface area contributed by atoms with Crippen molar-refractivity contribution in [3.8, 4) is 0 Å². The van der Waals surface area contributed by atoms with Crippen molar-refractivity contribution < 1.29 is 9.53 Å². The van der Waals surface area contributed by atoms with Gasteiger partial charge < -0.3 is 9.64 Å². The molecule has 0 bridgehead atoms. The minimum atomic E-state index is -0.0313. The van der Waals surface area contributed by atoms with E-state index in [0.29, 0.717) is 25.6 Å². The molecule has 0 N–H and O–H groups in total. The fourth-order valence-electron chi connectivity index (χ4n) is 3.14. The Hall–Kier alpha value is -2.39. The van der Waals surface area contributed by atoms with Crippen LogP contribution >= 0.6 is 0 Å². The van der Waals surface area contributed by atoms with E-state index in [2.05, 4.69) is 32.3 Å². The van der Waals surface area contributed by atoms with E-state index in [0.717, 1.165) is 25.1 Å². The Morgan fingerprint density at radius 3 is 2.88 bits per heavy atom. The van der Waals surface area contributed by atoms with Gasteiger partial charge in [0.25, 0.3) is 0 Å². The summed E-state index contributed by atoms with van der Waals surface area (Å²) in [6.07, 6.45) is 4.35. The zero-order valence-electron chi connectivity index (χ0n) is 15.3. The summed E-state index contributed by atoms with van der Waals surface area (Å²) in [5.74, 6) is 0.666. The van der Waals surface area contributed by atoms with E-state index in [4.69, 9.17) is 4.74 Å². The number of tetrazole rings is 1. The second-order valence-electron chi connectivity index (χ2n) is 6.36. The van der Waals surface area contributed by atoms with Crippen molar-refractivity contribution >= 4 is 5.91 Å². The molecule has 26 heavy (non-hydrogen) atoms. The highest BCUT2D eigenvalue weighted by Gasteiger charge is 2.22. The first-order chi connectivity index (χ1) is 12.7. The molecule has 1 amide bonds. The smallest absolute Gasteiger partial charge is 0.244 e. The number of aromatic nitrogens is 5. The van der Waals surface area contributed by atoms with Gasteiger partial charge in [0.05, 0.1) is 25.8 Å². The molecule has 0 unspecified atom stereocenters. The van der Waals surface area contributed by atoms with Crippen LogP contribution in [0, 0.1) is 0 Å². The highest BCUT2D eigenvalue weighted by atomic mass is 16.5. The molecule has 0 aliphatic carbocycles. The summed E-state index contributed by atoms with van der Waals surface area (Å²) in [5, 5.41) is 11.8. The van der Waals surface area contributed by atoms with Gasteiger partial charge in [-0.1, -0.05) is 13.0 Å². The summed E-state index contributed by atoms with van der Waals surface area (Å²) < 4.78 is 6.95. The predicted molar refractivity (Wildman–Crippen MR) is 94.0 cm³/mol. The monoisotopic (exact) mass is 359 g/mol. The average molecular weight is 359 g/mol.